The number of hydrogen-bond donors (Lipinski definition) is 2. The molecule has 1 aromatic heterocycles. The molecular formula is C9H13ClN2O3. The Bertz CT molecular complexity index is 414. The lowest BCUT2D eigenvalue weighted by Crippen LogP contribution is -2.22. The third-order valence-corrected chi connectivity index (χ3v) is 1.88. The molecule has 0 atom stereocenters. The summed E-state index contributed by atoms with van der Waals surface area (Å²) < 4.78 is 4.54. The summed E-state index contributed by atoms with van der Waals surface area (Å²) in [5, 5.41) is 0. The molecule has 1 aromatic rings. The van der Waals surface area contributed by atoms with Crippen LogP contribution in [0.25, 0.3) is 0 Å². The lowest BCUT2D eigenvalue weighted by atomic mass is 10.1. The van der Waals surface area contributed by atoms with Crippen LogP contribution in [0.5, 0.6) is 0 Å². The Labute approximate surface area is 93.0 Å². The zero-order valence-electron chi connectivity index (χ0n) is 8.49. The zero-order valence-corrected chi connectivity index (χ0v) is 9.31. The number of aromatic amines is 1. The topological polar surface area (TPSA) is 85.2 Å². The fraction of sp³-hybridized carbons (Fsp3) is 0.333. The average Bonchev–Trinajstić information content (AvgIpc) is 2.15. The number of nitrogens with two attached hydrogens (primary N) is 1. The molecule has 0 aliphatic rings. The van der Waals surface area contributed by atoms with Crippen LogP contribution in [0, 0.1) is 6.92 Å². The minimum Gasteiger partial charge on any atom is -0.465 e. The Kier molecular flexibility index (Phi) is 5.04. The summed E-state index contributed by atoms with van der Waals surface area (Å²) in [5.74, 6) is -0.542. The van der Waals surface area contributed by atoms with Gasteiger partial charge in [0.1, 0.15) is 0 Å². The van der Waals surface area contributed by atoms with E-state index < -0.39 is 5.97 Å². The fourth-order valence-corrected chi connectivity index (χ4v) is 1.21. The first-order valence-corrected chi connectivity index (χ1v) is 4.11. The number of hydrogen-bond acceptors (Lipinski definition) is 4. The number of ether oxygens (including phenoxy) is 1. The molecule has 6 heteroatoms. The molecular weight excluding hydrogens is 220 g/mol. The molecule has 0 spiro atoms. The maximum absolute atomic E-state index is 11.4. The summed E-state index contributed by atoms with van der Waals surface area (Å²) in [6.07, 6.45) is 0. The Morgan fingerprint density at radius 3 is 2.67 bits per heavy atom. The number of esters is 1. The lowest BCUT2D eigenvalue weighted by molar-refractivity contribution is 0.0599. The Morgan fingerprint density at radius 1 is 1.60 bits per heavy atom. The van der Waals surface area contributed by atoms with E-state index in [0.717, 1.165) is 0 Å². The van der Waals surface area contributed by atoms with E-state index in [1.807, 2.05) is 0 Å². The van der Waals surface area contributed by atoms with Gasteiger partial charge in [-0.25, -0.2) is 4.79 Å². The largest absolute Gasteiger partial charge is 0.465 e. The molecule has 3 N–H and O–H groups in total. The van der Waals surface area contributed by atoms with Crippen LogP contribution >= 0.6 is 12.4 Å². The second-order valence-electron chi connectivity index (χ2n) is 2.87. The van der Waals surface area contributed by atoms with Crippen LogP contribution in [0.4, 0.5) is 0 Å². The summed E-state index contributed by atoms with van der Waals surface area (Å²) in [4.78, 5) is 25.2. The molecule has 0 bridgehead atoms. The number of pyridine rings is 1. The third kappa shape index (κ3) is 2.81. The van der Waals surface area contributed by atoms with E-state index in [1.54, 1.807) is 13.0 Å². The van der Waals surface area contributed by atoms with Gasteiger partial charge in [0.25, 0.3) is 5.56 Å². The zero-order chi connectivity index (χ0) is 10.7. The molecule has 1 rings (SSSR count). The van der Waals surface area contributed by atoms with Crippen molar-refractivity contribution in [1.29, 1.82) is 0 Å². The number of halogens is 1. The maximum Gasteiger partial charge on any atom is 0.338 e. The van der Waals surface area contributed by atoms with E-state index >= 15 is 0 Å². The van der Waals surface area contributed by atoms with E-state index in [9.17, 15) is 9.59 Å². The highest BCUT2D eigenvalue weighted by Crippen LogP contribution is 2.06. The van der Waals surface area contributed by atoms with Gasteiger partial charge in [0.05, 0.1) is 12.7 Å². The van der Waals surface area contributed by atoms with Gasteiger partial charge in [0, 0.05) is 17.8 Å². The quantitative estimate of drug-likeness (QED) is 0.721. The molecule has 0 saturated heterocycles. The summed E-state index contributed by atoms with van der Waals surface area (Å²) >= 11 is 0. The number of carbonyl (C=O) groups excluding carboxylic acids is 1. The van der Waals surface area contributed by atoms with Crippen LogP contribution in [-0.2, 0) is 11.3 Å². The SMILES string of the molecule is COC(=O)c1cc(C)[nH]c(=O)c1CN.Cl. The Balaban J connectivity index is 0.00000196. The summed E-state index contributed by atoms with van der Waals surface area (Å²) in [6, 6.07) is 1.55. The van der Waals surface area contributed by atoms with Crippen molar-refractivity contribution >= 4 is 18.4 Å². The van der Waals surface area contributed by atoms with Crippen molar-refractivity contribution in [2.45, 2.75) is 13.5 Å². The molecule has 0 radical (unpaired) electrons. The minimum absolute atomic E-state index is 0. The Morgan fingerprint density at radius 2 is 2.20 bits per heavy atom. The monoisotopic (exact) mass is 232 g/mol. The minimum atomic E-state index is -0.542. The molecule has 0 amide bonds. The molecule has 0 aliphatic heterocycles. The molecule has 0 aromatic carbocycles. The summed E-state index contributed by atoms with van der Waals surface area (Å²) in [7, 11) is 1.26. The first-order valence-electron chi connectivity index (χ1n) is 4.11. The van der Waals surface area contributed by atoms with Gasteiger partial charge in [-0.1, -0.05) is 0 Å². The number of H-pyrrole nitrogens is 1. The van der Waals surface area contributed by atoms with E-state index in [-0.39, 0.29) is 35.6 Å². The highest BCUT2D eigenvalue weighted by molar-refractivity contribution is 5.90. The second-order valence-corrected chi connectivity index (χ2v) is 2.87. The second kappa shape index (κ2) is 5.53. The van der Waals surface area contributed by atoms with Crippen molar-refractivity contribution in [1.82, 2.24) is 4.98 Å². The predicted molar refractivity (Wildman–Crippen MR) is 58.3 cm³/mol. The normalized spacial score (nSPS) is 9.27. The van der Waals surface area contributed by atoms with Gasteiger partial charge < -0.3 is 15.5 Å². The molecule has 0 fully saturated rings. The van der Waals surface area contributed by atoms with E-state index in [1.165, 1.54) is 7.11 Å². The van der Waals surface area contributed by atoms with Crippen molar-refractivity contribution in [3.05, 3.63) is 33.2 Å². The van der Waals surface area contributed by atoms with Crippen LogP contribution in [0.2, 0.25) is 0 Å². The van der Waals surface area contributed by atoms with Crippen LogP contribution < -0.4 is 11.3 Å². The molecule has 0 unspecified atom stereocenters. The maximum atomic E-state index is 11.4. The first kappa shape index (κ1) is 13.7. The van der Waals surface area contributed by atoms with Crippen LogP contribution in [-0.4, -0.2) is 18.1 Å². The molecule has 84 valence electrons. The van der Waals surface area contributed by atoms with Gasteiger partial charge in [0.2, 0.25) is 0 Å². The molecule has 0 saturated carbocycles. The molecule has 0 aliphatic carbocycles. The van der Waals surface area contributed by atoms with Crippen molar-refractivity contribution < 1.29 is 9.53 Å². The lowest BCUT2D eigenvalue weighted by Gasteiger charge is -2.05. The van der Waals surface area contributed by atoms with E-state index in [0.29, 0.717) is 5.69 Å². The molecule has 5 nitrogen and oxygen atoms in total. The average molecular weight is 233 g/mol. The van der Waals surface area contributed by atoms with Gasteiger partial charge in [-0.05, 0) is 13.0 Å². The van der Waals surface area contributed by atoms with E-state index in [2.05, 4.69) is 9.72 Å². The predicted octanol–water partition coefficient (Wildman–Crippen LogP) is 0.350. The Hall–Kier alpha value is -1.33. The number of nitrogens with one attached hydrogen (secondary N) is 1. The van der Waals surface area contributed by atoms with Gasteiger partial charge in [-0.15, -0.1) is 12.4 Å². The summed E-state index contributed by atoms with van der Waals surface area (Å²) in [5.41, 5.74) is 6.12. The third-order valence-electron chi connectivity index (χ3n) is 1.88. The number of methoxy groups -OCH3 is 1. The van der Waals surface area contributed by atoms with Crippen LogP contribution in [0.1, 0.15) is 21.6 Å². The van der Waals surface area contributed by atoms with Crippen LogP contribution in [0.3, 0.4) is 0 Å². The highest BCUT2D eigenvalue weighted by Gasteiger charge is 2.14. The molecule has 15 heavy (non-hydrogen) atoms. The van der Waals surface area contributed by atoms with Crippen molar-refractivity contribution in [2.75, 3.05) is 7.11 Å². The van der Waals surface area contributed by atoms with Crippen molar-refractivity contribution in [3.8, 4) is 0 Å². The number of aromatic nitrogens is 1. The van der Waals surface area contributed by atoms with Gasteiger partial charge in [0.15, 0.2) is 0 Å². The highest BCUT2D eigenvalue weighted by atomic mass is 35.5. The van der Waals surface area contributed by atoms with Gasteiger partial charge in [-0.2, -0.15) is 0 Å². The fourth-order valence-electron chi connectivity index (χ4n) is 1.21. The number of rotatable bonds is 2. The first-order chi connectivity index (χ1) is 6.60. The number of carbonyl (C=O) groups is 1. The van der Waals surface area contributed by atoms with Gasteiger partial charge in [-0.3, -0.25) is 4.79 Å². The van der Waals surface area contributed by atoms with Crippen molar-refractivity contribution in [3.63, 3.8) is 0 Å². The van der Waals surface area contributed by atoms with Crippen molar-refractivity contribution in [2.24, 2.45) is 5.73 Å². The van der Waals surface area contributed by atoms with Crippen LogP contribution in [0.15, 0.2) is 10.9 Å². The standard InChI is InChI=1S/C9H12N2O3.ClH/c1-5-3-6(9(13)14-2)7(4-10)8(12)11-5;/h3H,4,10H2,1-2H3,(H,11,12);1H. The van der Waals surface area contributed by atoms with E-state index in [4.69, 9.17) is 5.73 Å². The number of aryl methyl sites for hydroxylation is 1. The smallest absolute Gasteiger partial charge is 0.338 e. The molecule has 1 heterocycles. The summed E-state index contributed by atoms with van der Waals surface area (Å²) in [6.45, 7) is 1.70. The van der Waals surface area contributed by atoms with Gasteiger partial charge >= 0.3 is 5.97 Å².